The number of guanidine groups is 1. The average molecular weight is 517 g/mol. The van der Waals surface area contributed by atoms with Gasteiger partial charge in [0.15, 0.2) is 5.96 Å². The van der Waals surface area contributed by atoms with Crippen LogP contribution in [0.25, 0.3) is 0 Å². The summed E-state index contributed by atoms with van der Waals surface area (Å²) in [7, 11) is 1.87. The van der Waals surface area contributed by atoms with Gasteiger partial charge < -0.3 is 19.9 Å². The second kappa shape index (κ2) is 10.3. The minimum atomic E-state index is -0.175. The van der Waals surface area contributed by atoms with E-state index in [2.05, 4.69) is 25.0 Å². The molecule has 0 radical (unpaired) electrons. The first-order chi connectivity index (χ1) is 13.7. The van der Waals surface area contributed by atoms with Gasteiger partial charge in [-0.3, -0.25) is 9.89 Å². The highest BCUT2D eigenvalue weighted by atomic mass is 127. The van der Waals surface area contributed by atoms with Crippen LogP contribution in [-0.4, -0.2) is 88.4 Å². The van der Waals surface area contributed by atoms with E-state index >= 15 is 0 Å². The molecule has 1 atom stereocenters. The molecule has 8 heteroatoms. The Bertz CT molecular complexity index is 672. The zero-order valence-electron chi connectivity index (χ0n) is 17.3. The maximum atomic E-state index is 13.1. The van der Waals surface area contributed by atoms with Crippen LogP contribution in [0.2, 0.25) is 0 Å². The number of nitrogens with zero attached hydrogens (tertiary/aromatic N) is 4. The molecule has 1 aromatic rings. The van der Waals surface area contributed by atoms with E-state index in [-0.39, 0.29) is 29.8 Å². The molecule has 0 aromatic heterocycles. The van der Waals surface area contributed by atoms with Crippen LogP contribution in [0.5, 0.6) is 0 Å². The molecule has 1 spiro atoms. The Hall–Kier alpha value is -1.13. The van der Waals surface area contributed by atoms with Gasteiger partial charge in [0.1, 0.15) is 5.82 Å². The molecule has 0 bridgehead atoms. The Labute approximate surface area is 190 Å². The van der Waals surface area contributed by atoms with Gasteiger partial charge in [0.05, 0.1) is 6.61 Å². The molecular formula is C21H33FIN5O. The van der Waals surface area contributed by atoms with Crippen molar-refractivity contribution in [3.8, 4) is 0 Å². The minimum Gasteiger partial charge on any atom is -0.381 e. The fourth-order valence-corrected chi connectivity index (χ4v) is 4.63. The van der Waals surface area contributed by atoms with Crippen molar-refractivity contribution in [2.45, 2.75) is 12.8 Å². The second-order valence-electron chi connectivity index (χ2n) is 8.25. The number of anilines is 1. The van der Waals surface area contributed by atoms with Crippen LogP contribution in [0, 0.1) is 11.2 Å². The Morgan fingerprint density at radius 2 is 1.90 bits per heavy atom. The van der Waals surface area contributed by atoms with Crippen LogP contribution in [0.15, 0.2) is 29.3 Å². The summed E-state index contributed by atoms with van der Waals surface area (Å²) in [5, 5.41) is 3.55. The summed E-state index contributed by atoms with van der Waals surface area (Å²) in [5.41, 5.74) is 1.47. The van der Waals surface area contributed by atoms with Gasteiger partial charge in [-0.1, -0.05) is 0 Å². The minimum absolute atomic E-state index is 0. The van der Waals surface area contributed by atoms with Gasteiger partial charge in [-0.2, -0.15) is 0 Å². The van der Waals surface area contributed by atoms with E-state index in [1.54, 1.807) is 0 Å². The van der Waals surface area contributed by atoms with E-state index in [1.807, 2.05) is 19.2 Å². The molecule has 0 amide bonds. The van der Waals surface area contributed by atoms with Gasteiger partial charge in [0.25, 0.3) is 0 Å². The molecule has 1 N–H and O–H groups in total. The summed E-state index contributed by atoms with van der Waals surface area (Å²) in [6.07, 6.45) is 2.39. The number of piperazine rings is 1. The van der Waals surface area contributed by atoms with Crippen LogP contribution in [0.1, 0.15) is 12.8 Å². The lowest BCUT2D eigenvalue weighted by atomic mass is 9.87. The van der Waals surface area contributed by atoms with Crippen molar-refractivity contribution in [3.05, 3.63) is 30.1 Å². The van der Waals surface area contributed by atoms with Crippen molar-refractivity contribution in [2.75, 3.05) is 77.5 Å². The summed E-state index contributed by atoms with van der Waals surface area (Å²) < 4.78 is 18.7. The molecule has 3 saturated heterocycles. The SMILES string of the molecule is CN=C(NCCN1CCN(c2ccc(F)cc2)CC1)N1CCC2(CCOC2)C1.I. The Morgan fingerprint density at radius 1 is 1.14 bits per heavy atom. The molecule has 3 heterocycles. The predicted molar refractivity (Wildman–Crippen MR) is 126 cm³/mol. The Balaban J connectivity index is 0.00000240. The number of halogens is 2. The van der Waals surface area contributed by atoms with Crippen LogP contribution in [-0.2, 0) is 4.74 Å². The standard InChI is InChI=1S/C21H32FN5O.HI/c1-23-20(27-9-6-21(16-27)7-15-28-17-21)24-8-10-25-11-13-26(14-12-25)19-4-2-18(22)3-5-19;/h2-5H,6-17H2,1H3,(H,23,24);1H. The normalized spacial score (nSPS) is 25.5. The molecule has 0 saturated carbocycles. The average Bonchev–Trinajstić information content (AvgIpc) is 3.36. The van der Waals surface area contributed by atoms with Crippen molar-refractivity contribution >= 4 is 35.6 Å². The lowest BCUT2D eigenvalue weighted by Crippen LogP contribution is -2.49. The lowest BCUT2D eigenvalue weighted by Gasteiger charge is -2.36. The number of hydrogen-bond acceptors (Lipinski definition) is 4. The Kier molecular flexibility index (Phi) is 7.98. The van der Waals surface area contributed by atoms with E-state index in [9.17, 15) is 4.39 Å². The highest BCUT2D eigenvalue weighted by Gasteiger charge is 2.42. The predicted octanol–water partition coefficient (Wildman–Crippen LogP) is 2.25. The molecule has 1 aromatic carbocycles. The zero-order chi connectivity index (χ0) is 19.4. The number of ether oxygens (including phenoxy) is 1. The summed E-state index contributed by atoms with van der Waals surface area (Å²) in [5.74, 6) is 0.847. The van der Waals surface area contributed by atoms with Crippen molar-refractivity contribution in [1.29, 1.82) is 0 Å². The first kappa shape index (κ1) is 22.6. The molecule has 4 rings (SSSR count). The van der Waals surface area contributed by atoms with Crippen LogP contribution >= 0.6 is 24.0 Å². The van der Waals surface area contributed by atoms with Crippen molar-refractivity contribution in [1.82, 2.24) is 15.1 Å². The van der Waals surface area contributed by atoms with Gasteiger partial charge in [-0.05, 0) is 37.1 Å². The molecular weight excluding hydrogens is 484 g/mol. The Morgan fingerprint density at radius 3 is 2.55 bits per heavy atom. The van der Waals surface area contributed by atoms with Crippen molar-refractivity contribution in [2.24, 2.45) is 10.4 Å². The zero-order valence-corrected chi connectivity index (χ0v) is 19.6. The quantitative estimate of drug-likeness (QED) is 0.377. The molecule has 3 aliphatic rings. The van der Waals surface area contributed by atoms with Crippen LogP contribution in [0.4, 0.5) is 10.1 Å². The van der Waals surface area contributed by atoms with Crippen LogP contribution < -0.4 is 10.2 Å². The number of rotatable bonds is 4. The van der Waals surface area contributed by atoms with Crippen molar-refractivity contribution < 1.29 is 9.13 Å². The molecule has 6 nitrogen and oxygen atoms in total. The molecule has 1 unspecified atom stereocenters. The van der Waals surface area contributed by atoms with Gasteiger partial charge in [-0.15, -0.1) is 24.0 Å². The molecule has 3 fully saturated rings. The van der Waals surface area contributed by atoms with Crippen molar-refractivity contribution in [3.63, 3.8) is 0 Å². The van der Waals surface area contributed by atoms with E-state index < -0.39 is 0 Å². The largest absolute Gasteiger partial charge is 0.381 e. The fourth-order valence-electron chi connectivity index (χ4n) is 4.63. The molecule has 29 heavy (non-hydrogen) atoms. The number of likely N-dealkylation sites (tertiary alicyclic amines) is 1. The number of benzene rings is 1. The maximum absolute atomic E-state index is 13.1. The second-order valence-corrected chi connectivity index (χ2v) is 8.25. The van der Waals surface area contributed by atoms with Gasteiger partial charge >= 0.3 is 0 Å². The molecule has 3 aliphatic heterocycles. The third-order valence-corrected chi connectivity index (χ3v) is 6.41. The summed E-state index contributed by atoms with van der Waals surface area (Å²) in [4.78, 5) is 11.7. The molecule has 0 aliphatic carbocycles. The first-order valence-corrected chi connectivity index (χ1v) is 10.4. The van der Waals surface area contributed by atoms with E-state index in [1.165, 1.54) is 25.0 Å². The third-order valence-electron chi connectivity index (χ3n) is 6.41. The summed E-state index contributed by atoms with van der Waals surface area (Å²) >= 11 is 0. The van der Waals surface area contributed by atoms with Gasteiger partial charge in [0, 0.05) is 77.1 Å². The van der Waals surface area contributed by atoms with Crippen LogP contribution in [0.3, 0.4) is 0 Å². The van der Waals surface area contributed by atoms with E-state index in [0.29, 0.717) is 5.41 Å². The fraction of sp³-hybridized carbons (Fsp3) is 0.667. The maximum Gasteiger partial charge on any atom is 0.193 e. The van der Waals surface area contributed by atoms with Gasteiger partial charge in [0.2, 0.25) is 0 Å². The summed E-state index contributed by atoms with van der Waals surface area (Å²) in [6, 6.07) is 6.82. The topological polar surface area (TPSA) is 43.3 Å². The van der Waals surface area contributed by atoms with Gasteiger partial charge in [-0.25, -0.2) is 4.39 Å². The highest BCUT2D eigenvalue weighted by molar-refractivity contribution is 14.0. The van der Waals surface area contributed by atoms with E-state index in [4.69, 9.17) is 4.74 Å². The monoisotopic (exact) mass is 517 g/mol. The van der Waals surface area contributed by atoms with E-state index in [0.717, 1.165) is 77.2 Å². The third kappa shape index (κ3) is 5.52. The first-order valence-electron chi connectivity index (χ1n) is 10.4. The number of hydrogen-bond donors (Lipinski definition) is 1. The number of nitrogens with one attached hydrogen (secondary N) is 1. The lowest BCUT2D eigenvalue weighted by molar-refractivity contribution is 0.156. The molecule has 162 valence electrons. The summed E-state index contributed by atoms with van der Waals surface area (Å²) in [6.45, 7) is 9.88. The highest BCUT2D eigenvalue weighted by Crippen LogP contribution is 2.38. The number of aliphatic imine (C=N–C) groups is 1. The smallest absolute Gasteiger partial charge is 0.193 e.